The van der Waals surface area contributed by atoms with Crippen LogP contribution in [0.4, 0.5) is 11.4 Å². The van der Waals surface area contributed by atoms with Gasteiger partial charge in [0.25, 0.3) is 0 Å². The largest absolute Gasteiger partial charge is 0.344 e. The Morgan fingerprint density at radius 2 is 1.61 bits per heavy atom. The van der Waals surface area contributed by atoms with Gasteiger partial charge in [-0.25, -0.2) is 0 Å². The van der Waals surface area contributed by atoms with Gasteiger partial charge in [-0.15, -0.1) is 0 Å². The van der Waals surface area contributed by atoms with Crippen molar-refractivity contribution in [3.05, 3.63) is 59.2 Å². The molecule has 2 aromatic rings. The van der Waals surface area contributed by atoms with Gasteiger partial charge in [0.2, 0.25) is 0 Å². The number of aryl methyl sites for hydroxylation is 2. The van der Waals surface area contributed by atoms with Crippen molar-refractivity contribution in [2.45, 2.75) is 19.2 Å². The molecule has 0 aromatic heterocycles. The average Bonchev–Trinajstić information content (AvgIpc) is 2.36. The third kappa shape index (κ3) is 2.75. The summed E-state index contributed by atoms with van der Waals surface area (Å²) in [4.78, 5) is 2.25. The molecule has 94 valence electrons. The zero-order valence-electron chi connectivity index (χ0n) is 11.1. The highest BCUT2D eigenvalue weighted by Crippen LogP contribution is 2.29. The Kier molecular flexibility index (Phi) is 4.07. The van der Waals surface area contributed by atoms with Gasteiger partial charge in [0, 0.05) is 23.8 Å². The lowest BCUT2D eigenvalue weighted by atomic mass is 10.1. The van der Waals surface area contributed by atoms with Gasteiger partial charge in [-0.1, -0.05) is 40.2 Å². The molecule has 0 amide bonds. The van der Waals surface area contributed by atoms with Crippen LogP contribution in [0.15, 0.2) is 42.5 Å². The van der Waals surface area contributed by atoms with Gasteiger partial charge in [0.15, 0.2) is 0 Å². The highest BCUT2D eigenvalue weighted by atomic mass is 79.9. The van der Waals surface area contributed by atoms with Crippen LogP contribution in [0, 0.1) is 13.8 Å². The first kappa shape index (κ1) is 13.2. The molecular formula is C16H18BrN. The summed E-state index contributed by atoms with van der Waals surface area (Å²) in [6.45, 7) is 4.28. The molecule has 0 saturated carbocycles. The lowest BCUT2D eigenvalue weighted by Crippen LogP contribution is -2.11. The fourth-order valence-electron chi connectivity index (χ4n) is 2.23. The van der Waals surface area contributed by atoms with Crippen molar-refractivity contribution in [2.75, 3.05) is 11.9 Å². The normalized spacial score (nSPS) is 10.4. The van der Waals surface area contributed by atoms with Gasteiger partial charge in [0.05, 0.1) is 0 Å². The van der Waals surface area contributed by atoms with Crippen molar-refractivity contribution in [1.29, 1.82) is 0 Å². The maximum atomic E-state index is 3.55. The van der Waals surface area contributed by atoms with E-state index in [-0.39, 0.29) is 0 Å². The number of rotatable bonds is 3. The molecule has 2 heteroatoms. The van der Waals surface area contributed by atoms with Crippen LogP contribution in [0.1, 0.15) is 16.7 Å². The molecule has 18 heavy (non-hydrogen) atoms. The van der Waals surface area contributed by atoms with E-state index in [2.05, 4.69) is 84.2 Å². The van der Waals surface area contributed by atoms with Crippen molar-refractivity contribution in [3.8, 4) is 0 Å². The second kappa shape index (κ2) is 5.57. The van der Waals surface area contributed by atoms with E-state index in [1.165, 1.54) is 28.1 Å². The highest BCUT2D eigenvalue weighted by Gasteiger charge is 2.08. The van der Waals surface area contributed by atoms with E-state index in [9.17, 15) is 0 Å². The first-order valence-electron chi connectivity index (χ1n) is 6.07. The van der Waals surface area contributed by atoms with Crippen molar-refractivity contribution in [2.24, 2.45) is 0 Å². The molecule has 0 aliphatic rings. The van der Waals surface area contributed by atoms with Crippen LogP contribution >= 0.6 is 15.9 Å². The fraction of sp³-hybridized carbons (Fsp3) is 0.250. The van der Waals surface area contributed by atoms with Crippen LogP contribution in [0.3, 0.4) is 0 Å². The van der Waals surface area contributed by atoms with Crippen LogP contribution in [0.2, 0.25) is 0 Å². The number of alkyl halides is 1. The Bertz CT molecular complexity index is 528. The molecule has 0 bridgehead atoms. The topological polar surface area (TPSA) is 3.24 Å². The highest BCUT2D eigenvalue weighted by molar-refractivity contribution is 9.08. The summed E-state index contributed by atoms with van der Waals surface area (Å²) in [7, 11) is 2.12. The van der Waals surface area contributed by atoms with E-state index in [0.717, 1.165) is 5.33 Å². The van der Waals surface area contributed by atoms with E-state index < -0.39 is 0 Å². The molecule has 2 rings (SSSR count). The lowest BCUT2D eigenvalue weighted by molar-refractivity contribution is 1.17. The van der Waals surface area contributed by atoms with Crippen LogP contribution in [0.5, 0.6) is 0 Å². The average molecular weight is 304 g/mol. The lowest BCUT2D eigenvalue weighted by Gasteiger charge is -2.23. The summed E-state index contributed by atoms with van der Waals surface area (Å²) < 4.78 is 0. The molecule has 0 radical (unpaired) electrons. The van der Waals surface area contributed by atoms with Crippen molar-refractivity contribution in [1.82, 2.24) is 0 Å². The van der Waals surface area contributed by atoms with Gasteiger partial charge >= 0.3 is 0 Å². The standard InChI is InChI=1S/C16H18BrN/c1-12-8-13(2)10-15(9-12)18(3)16-7-5-4-6-14(16)11-17/h4-10H,11H2,1-3H3. The SMILES string of the molecule is Cc1cc(C)cc(N(C)c2ccccc2CBr)c1. The Labute approximate surface area is 118 Å². The summed E-state index contributed by atoms with van der Waals surface area (Å²) in [6, 6.07) is 15.1. The summed E-state index contributed by atoms with van der Waals surface area (Å²) in [5, 5.41) is 0.873. The smallest absolute Gasteiger partial charge is 0.0449 e. The predicted molar refractivity (Wildman–Crippen MR) is 83.1 cm³/mol. The number of halogens is 1. The maximum absolute atomic E-state index is 3.55. The third-order valence-corrected chi connectivity index (χ3v) is 3.69. The number of anilines is 2. The first-order chi connectivity index (χ1) is 8.61. The van der Waals surface area contributed by atoms with Crippen molar-refractivity contribution < 1.29 is 0 Å². The molecule has 0 heterocycles. The zero-order valence-corrected chi connectivity index (χ0v) is 12.7. The van der Waals surface area contributed by atoms with Gasteiger partial charge in [-0.05, 0) is 48.7 Å². The van der Waals surface area contributed by atoms with Crippen LogP contribution in [0.25, 0.3) is 0 Å². The molecule has 0 spiro atoms. The number of benzene rings is 2. The molecule has 0 saturated heterocycles. The summed E-state index contributed by atoms with van der Waals surface area (Å²) in [5.74, 6) is 0. The molecule has 0 aliphatic carbocycles. The van der Waals surface area contributed by atoms with E-state index in [1.54, 1.807) is 0 Å². The first-order valence-corrected chi connectivity index (χ1v) is 7.20. The van der Waals surface area contributed by atoms with Crippen molar-refractivity contribution in [3.63, 3.8) is 0 Å². The Morgan fingerprint density at radius 3 is 2.22 bits per heavy atom. The number of para-hydroxylation sites is 1. The Morgan fingerprint density at radius 1 is 1.00 bits per heavy atom. The Balaban J connectivity index is 2.44. The molecular weight excluding hydrogens is 286 g/mol. The number of hydrogen-bond acceptors (Lipinski definition) is 1. The van der Waals surface area contributed by atoms with E-state index in [0.29, 0.717) is 0 Å². The van der Waals surface area contributed by atoms with Gasteiger partial charge in [-0.3, -0.25) is 0 Å². The summed E-state index contributed by atoms with van der Waals surface area (Å²) in [5.41, 5.74) is 6.39. The van der Waals surface area contributed by atoms with Crippen LogP contribution in [-0.4, -0.2) is 7.05 Å². The maximum Gasteiger partial charge on any atom is 0.0449 e. The predicted octanol–water partition coefficient (Wildman–Crippen LogP) is 4.97. The number of nitrogens with zero attached hydrogens (tertiary/aromatic N) is 1. The molecule has 0 atom stereocenters. The van der Waals surface area contributed by atoms with E-state index >= 15 is 0 Å². The minimum Gasteiger partial charge on any atom is -0.344 e. The van der Waals surface area contributed by atoms with E-state index in [1.807, 2.05) is 0 Å². The Hall–Kier alpha value is -1.28. The van der Waals surface area contributed by atoms with Crippen molar-refractivity contribution >= 4 is 27.3 Å². The van der Waals surface area contributed by atoms with E-state index in [4.69, 9.17) is 0 Å². The molecule has 1 nitrogen and oxygen atoms in total. The molecule has 0 N–H and O–H groups in total. The second-order valence-corrected chi connectivity index (χ2v) is 5.23. The van der Waals surface area contributed by atoms with Gasteiger partial charge < -0.3 is 4.90 Å². The molecule has 0 fully saturated rings. The minimum atomic E-state index is 0.873. The monoisotopic (exact) mass is 303 g/mol. The number of hydrogen-bond donors (Lipinski definition) is 0. The molecule has 2 aromatic carbocycles. The minimum absolute atomic E-state index is 0.873. The zero-order chi connectivity index (χ0) is 13.1. The van der Waals surface area contributed by atoms with Gasteiger partial charge in [0.1, 0.15) is 0 Å². The fourth-order valence-corrected chi connectivity index (χ4v) is 2.71. The summed E-state index contributed by atoms with van der Waals surface area (Å²) in [6.07, 6.45) is 0. The summed E-state index contributed by atoms with van der Waals surface area (Å²) >= 11 is 3.55. The third-order valence-electron chi connectivity index (χ3n) is 3.09. The van der Waals surface area contributed by atoms with Crippen LogP contribution < -0.4 is 4.90 Å². The second-order valence-electron chi connectivity index (χ2n) is 4.67. The quantitative estimate of drug-likeness (QED) is 0.724. The molecule has 0 aliphatic heterocycles. The molecule has 0 unspecified atom stereocenters. The van der Waals surface area contributed by atoms with Crippen LogP contribution in [-0.2, 0) is 5.33 Å². The van der Waals surface area contributed by atoms with Gasteiger partial charge in [-0.2, -0.15) is 0 Å².